The van der Waals surface area contributed by atoms with Gasteiger partial charge in [0.15, 0.2) is 0 Å². The fourth-order valence-corrected chi connectivity index (χ4v) is 2.97. The number of amides is 1. The second-order valence-electron chi connectivity index (χ2n) is 4.97. The Hall–Kier alpha value is -1.26. The zero-order valence-corrected chi connectivity index (χ0v) is 12.3. The topological polar surface area (TPSA) is 57.6 Å². The average molecular weight is 316 g/mol. The van der Waals surface area contributed by atoms with Crippen molar-refractivity contribution in [2.75, 3.05) is 13.1 Å². The molecule has 1 unspecified atom stereocenters. The fraction of sp³-hybridized carbons (Fsp3) is 0.429. The van der Waals surface area contributed by atoms with Crippen molar-refractivity contribution in [1.82, 2.24) is 4.90 Å². The van der Waals surface area contributed by atoms with Gasteiger partial charge in [-0.3, -0.25) is 9.59 Å². The summed E-state index contributed by atoms with van der Waals surface area (Å²) in [6, 6.07) is 5.14. The molecule has 0 radical (unpaired) electrons. The molecule has 1 aliphatic rings. The standard InChI is InChI=1S/C14H15Cl2NO3/c15-11-2-1-3-12(16)10(11)7-13(18)17-5-4-9(8-17)6-14(19)20/h1-3,9H,4-8H2,(H,19,20). The third kappa shape index (κ3) is 3.64. The lowest BCUT2D eigenvalue weighted by molar-refractivity contribution is -0.138. The number of rotatable bonds is 4. The summed E-state index contributed by atoms with van der Waals surface area (Å²) >= 11 is 12.1. The molecule has 1 amide bonds. The Morgan fingerprint density at radius 1 is 1.30 bits per heavy atom. The summed E-state index contributed by atoms with van der Waals surface area (Å²) in [4.78, 5) is 24.6. The summed E-state index contributed by atoms with van der Waals surface area (Å²) in [6.07, 6.45) is 0.989. The highest BCUT2D eigenvalue weighted by Crippen LogP contribution is 2.26. The first kappa shape index (κ1) is 15.1. The predicted octanol–water partition coefficient (Wildman–Crippen LogP) is 2.86. The van der Waals surface area contributed by atoms with Crippen LogP contribution >= 0.6 is 23.2 Å². The lowest BCUT2D eigenvalue weighted by Gasteiger charge is -2.17. The van der Waals surface area contributed by atoms with E-state index < -0.39 is 5.97 Å². The van der Waals surface area contributed by atoms with Crippen LogP contribution < -0.4 is 0 Å². The Labute approximate surface area is 127 Å². The third-order valence-electron chi connectivity index (χ3n) is 3.49. The third-order valence-corrected chi connectivity index (χ3v) is 4.20. The highest BCUT2D eigenvalue weighted by atomic mass is 35.5. The predicted molar refractivity (Wildman–Crippen MR) is 77.1 cm³/mol. The van der Waals surface area contributed by atoms with Crippen LogP contribution in [0, 0.1) is 5.92 Å². The van der Waals surface area contributed by atoms with Crippen LogP contribution in [0.15, 0.2) is 18.2 Å². The molecule has 1 aliphatic heterocycles. The van der Waals surface area contributed by atoms with Crippen molar-refractivity contribution in [3.63, 3.8) is 0 Å². The minimum absolute atomic E-state index is 0.0400. The van der Waals surface area contributed by atoms with Crippen molar-refractivity contribution in [2.24, 2.45) is 5.92 Å². The van der Waals surface area contributed by atoms with Crippen molar-refractivity contribution in [2.45, 2.75) is 19.3 Å². The van der Waals surface area contributed by atoms with Crippen LogP contribution in [0.25, 0.3) is 0 Å². The minimum atomic E-state index is -0.821. The quantitative estimate of drug-likeness (QED) is 0.929. The van der Waals surface area contributed by atoms with Gasteiger partial charge in [0, 0.05) is 29.6 Å². The molecular formula is C14H15Cl2NO3. The Bertz CT molecular complexity index is 513. The van der Waals surface area contributed by atoms with Crippen molar-refractivity contribution in [3.8, 4) is 0 Å². The zero-order valence-electron chi connectivity index (χ0n) is 10.8. The average Bonchev–Trinajstić information content (AvgIpc) is 2.81. The molecule has 6 heteroatoms. The van der Waals surface area contributed by atoms with Gasteiger partial charge < -0.3 is 10.0 Å². The molecule has 0 aliphatic carbocycles. The van der Waals surface area contributed by atoms with Crippen LogP contribution in [-0.4, -0.2) is 35.0 Å². The molecule has 0 bridgehead atoms. The van der Waals surface area contributed by atoms with Gasteiger partial charge in [-0.2, -0.15) is 0 Å². The van der Waals surface area contributed by atoms with Crippen molar-refractivity contribution in [1.29, 1.82) is 0 Å². The first-order valence-corrected chi connectivity index (χ1v) is 7.15. The molecule has 1 N–H and O–H groups in total. The molecule has 1 aromatic carbocycles. The lowest BCUT2D eigenvalue weighted by Crippen LogP contribution is -2.30. The number of hydrogen-bond donors (Lipinski definition) is 1. The molecule has 0 saturated carbocycles. The highest BCUT2D eigenvalue weighted by molar-refractivity contribution is 6.36. The summed E-state index contributed by atoms with van der Waals surface area (Å²) in [5.74, 6) is -0.843. The maximum Gasteiger partial charge on any atom is 0.303 e. The van der Waals surface area contributed by atoms with Crippen LogP contribution in [0.4, 0.5) is 0 Å². The van der Waals surface area contributed by atoms with Gasteiger partial charge in [-0.15, -0.1) is 0 Å². The van der Waals surface area contributed by atoms with E-state index in [1.165, 1.54) is 0 Å². The molecule has 4 nitrogen and oxygen atoms in total. The number of hydrogen-bond acceptors (Lipinski definition) is 2. The molecule has 1 saturated heterocycles. The molecule has 0 spiro atoms. The number of likely N-dealkylation sites (tertiary alicyclic amines) is 1. The zero-order chi connectivity index (χ0) is 14.7. The number of carboxylic acid groups (broad SMARTS) is 1. The maximum atomic E-state index is 12.2. The second-order valence-corrected chi connectivity index (χ2v) is 5.78. The van der Waals surface area contributed by atoms with E-state index in [1.807, 2.05) is 0 Å². The second kappa shape index (κ2) is 6.46. The number of benzene rings is 1. The van der Waals surface area contributed by atoms with E-state index in [0.717, 1.165) is 6.42 Å². The van der Waals surface area contributed by atoms with Crippen LogP contribution in [0.3, 0.4) is 0 Å². The van der Waals surface area contributed by atoms with Gasteiger partial charge in [-0.1, -0.05) is 29.3 Å². The van der Waals surface area contributed by atoms with Crippen molar-refractivity contribution >= 4 is 35.1 Å². The van der Waals surface area contributed by atoms with E-state index in [-0.39, 0.29) is 24.7 Å². The smallest absolute Gasteiger partial charge is 0.303 e. The number of carbonyl (C=O) groups excluding carboxylic acids is 1. The summed E-state index contributed by atoms with van der Waals surface area (Å²) in [7, 11) is 0. The molecule has 20 heavy (non-hydrogen) atoms. The van der Waals surface area contributed by atoms with E-state index in [0.29, 0.717) is 28.7 Å². The van der Waals surface area contributed by atoms with Gasteiger partial charge in [0.05, 0.1) is 6.42 Å². The molecule has 108 valence electrons. The fourth-order valence-electron chi connectivity index (χ4n) is 2.44. The number of nitrogens with zero attached hydrogens (tertiary/aromatic N) is 1. The van der Waals surface area contributed by atoms with Crippen LogP contribution in [0.1, 0.15) is 18.4 Å². The molecule has 1 atom stereocenters. The van der Waals surface area contributed by atoms with E-state index in [9.17, 15) is 9.59 Å². The van der Waals surface area contributed by atoms with Crippen LogP contribution in [0.2, 0.25) is 10.0 Å². The number of halogens is 2. The molecule has 0 aromatic heterocycles. The number of aliphatic carboxylic acids is 1. The minimum Gasteiger partial charge on any atom is -0.481 e. The largest absolute Gasteiger partial charge is 0.481 e. The summed E-state index contributed by atoms with van der Waals surface area (Å²) in [5.41, 5.74) is 0.627. The van der Waals surface area contributed by atoms with Crippen molar-refractivity contribution < 1.29 is 14.7 Å². The van der Waals surface area contributed by atoms with Gasteiger partial charge in [0.2, 0.25) is 5.91 Å². The van der Waals surface area contributed by atoms with Gasteiger partial charge in [-0.25, -0.2) is 0 Å². The Morgan fingerprint density at radius 3 is 2.55 bits per heavy atom. The first-order valence-electron chi connectivity index (χ1n) is 6.40. The lowest BCUT2D eigenvalue weighted by atomic mass is 10.1. The van der Waals surface area contributed by atoms with Gasteiger partial charge in [0.25, 0.3) is 0 Å². The van der Waals surface area contributed by atoms with E-state index in [2.05, 4.69) is 0 Å². The Morgan fingerprint density at radius 2 is 1.95 bits per heavy atom. The van der Waals surface area contributed by atoms with Gasteiger partial charge >= 0.3 is 5.97 Å². The molecule has 1 heterocycles. The number of carboxylic acids is 1. The molecule has 2 rings (SSSR count). The summed E-state index contributed by atoms with van der Waals surface area (Å²) in [5, 5.41) is 9.73. The SMILES string of the molecule is O=C(O)CC1CCN(C(=O)Cc2c(Cl)cccc2Cl)C1. The first-order chi connectivity index (χ1) is 9.47. The molecular weight excluding hydrogens is 301 g/mol. The summed E-state index contributed by atoms with van der Waals surface area (Å²) in [6.45, 7) is 1.09. The highest BCUT2D eigenvalue weighted by Gasteiger charge is 2.28. The molecule has 1 fully saturated rings. The monoisotopic (exact) mass is 315 g/mol. The van der Waals surface area contributed by atoms with Gasteiger partial charge in [0.1, 0.15) is 0 Å². The molecule has 1 aromatic rings. The van der Waals surface area contributed by atoms with E-state index >= 15 is 0 Å². The maximum absolute atomic E-state index is 12.2. The van der Waals surface area contributed by atoms with Crippen molar-refractivity contribution in [3.05, 3.63) is 33.8 Å². The Kier molecular flexibility index (Phi) is 4.89. The van der Waals surface area contributed by atoms with Crippen LogP contribution in [0.5, 0.6) is 0 Å². The van der Waals surface area contributed by atoms with Crippen LogP contribution in [-0.2, 0) is 16.0 Å². The normalized spacial score (nSPS) is 18.3. The number of carbonyl (C=O) groups is 2. The van der Waals surface area contributed by atoms with E-state index in [4.69, 9.17) is 28.3 Å². The van der Waals surface area contributed by atoms with Gasteiger partial charge in [-0.05, 0) is 30.0 Å². The summed E-state index contributed by atoms with van der Waals surface area (Å²) < 4.78 is 0. The Balaban J connectivity index is 1.98. The van der Waals surface area contributed by atoms with E-state index in [1.54, 1.807) is 23.1 Å².